The van der Waals surface area contributed by atoms with Gasteiger partial charge in [0.15, 0.2) is 0 Å². The van der Waals surface area contributed by atoms with Crippen LogP contribution in [-0.4, -0.2) is 50.6 Å². The van der Waals surface area contributed by atoms with Gasteiger partial charge in [-0.05, 0) is 12.1 Å². The van der Waals surface area contributed by atoms with Crippen molar-refractivity contribution in [3.8, 4) is 11.5 Å². The highest BCUT2D eigenvalue weighted by Gasteiger charge is 2.16. The Kier molecular flexibility index (Phi) is 8.35. The van der Waals surface area contributed by atoms with Crippen LogP contribution in [0, 0.1) is 0 Å². The molecule has 0 spiro atoms. The zero-order valence-corrected chi connectivity index (χ0v) is 17.1. The van der Waals surface area contributed by atoms with Gasteiger partial charge in [-0.25, -0.2) is 0 Å². The van der Waals surface area contributed by atoms with Crippen LogP contribution in [0.25, 0.3) is 0 Å². The summed E-state index contributed by atoms with van der Waals surface area (Å²) in [4.78, 5) is 35.7. The summed E-state index contributed by atoms with van der Waals surface area (Å²) in [5, 5.41) is 5.48. The summed E-state index contributed by atoms with van der Waals surface area (Å²) >= 11 is 1.13. The summed E-state index contributed by atoms with van der Waals surface area (Å²) in [6.45, 7) is 0. The molecule has 0 aliphatic carbocycles. The number of esters is 1. The van der Waals surface area contributed by atoms with Crippen LogP contribution in [0.2, 0.25) is 0 Å². The second kappa shape index (κ2) is 11.0. The minimum absolute atomic E-state index is 0.0626. The molecule has 0 saturated carbocycles. The van der Waals surface area contributed by atoms with Gasteiger partial charge >= 0.3 is 5.97 Å². The molecule has 2 amide bonds. The minimum Gasteiger partial charge on any atom is -0.494 e. The number of hydrogen-bond acceptors (Lipinski definition) is 7. The van der Waals surface area contributed by atoms with E-state index in [4.69, 9.17) is 9.47 Å². The van der Waals surface area contributed by atoms with Crippen molar-refractivity contribution < 1.29 is 28.6 Å². The number of rotatable bonds is 9. The fraction of sp³-hybridized carbons (Fsp3) is 0.250. The lowest BCUT2D eigenvalue weighted by molar-refractivity contribution is -0.137. The maximum atomic E-state index is 12.4. The highest BCUT2D eigenvalue weighted by atomic mass is 32.2. The monoisotopic (exact) mass is 418 g/mol. The first-order valence-corrected chi connectivity index (χ1v) is 9.70. The number of nitrogens with one attached hydrogen (secondary N) is 2. The van der Waals surface area contributed by atoms with Crippen molar-refractivity contribution in [2.45, 2.75) is 0 Å². The molecule has 0 aliphatic heterocycles. The number of ether oxygens (including phenoxy) is 3. The molecule has 0 saturated heterocycles. The maximum absolute atomic E-state index is 12.4. The van der Waals surface area contributed by atoms with Gasteiger partial charge in [0, 0.05) is 17.7 Å². The Morgan fingerprint density at radius 3 is 2.00 bits per heavy atom. The molecule has 0 radical (unpaired) electrons. The smallest absolute Gasteiger partial charge is 0.315 e. The van der Waals surface area contributed by atoms with E-state index < -0.39 is 5.97 Å². The van der Waals surface area contributed by atoms with E-state index >= 15 is 0 Å². The Labute approximate surface area is 172 Å². The molecule has 0 atom stereocenters. The summed E-state index contributed by atoms with van der Waals surface area (Å²) in [5.74, 6) is -0.182. The number of carbonyl (C=O) groups excluding carboxylic acids is 3. The standard InChI is InChI=1S/C20H22N2O6S/c1-26-16-10-15(22-20(25)13-7-5-4-6-8-13)17(27-2)9-14(16)21-18(23)11-29-12-19(24)28-3/h4-10H,11-12H2,1-3H3,(H,21,23)(H,22,25). The Morgan fingerprint density at radius 1 is 0.862 bits per heavy atom. The lowest BCUT2D eigenvalue weighted by Crippen LogP contribution is -2.17. The van der Waals surface area contributed by atoms with Crippen molar-refractivity contribution in [1.82, 2.24) is 0 Å². The third kappa shape index (κ3) is 6.42. The van der Waals surface area contributed by atoms with Gasteiger partial charge in [-0.1, -0.05) is 18.2 Å². The number of thioether (sulfide) groups is 1. The summed E-state index contributed by atoms with van der Waals surface area (Å²) in [6, 6.07) is 11.9. The number of carbonyl (C=O) groups is 3. The first-order valence-electron chi connectivity index (χ1n) is 8.55. The van der Waals surface area contributed by atoms with E-state index in [2.05, 4.69) is 15.4 Å². The molecule has 154 valence electrons. The van der Waals surface area contributed by atoms with Gasteiger partial charge in [0.2, 0.25) is 5.91 Å². The van der Waals surface area contributed by atoms with E-state index in [0.717, 1.165) is 11.8 Å². The zero-order chi connectivity index (χ0) is 21.2. The van der Waals surface area contributed by atoms with E-state index in [1.54, 1.807) is 36.4 Å². The molecule has 29 heavy (non-hydrogen) atoms. The molecule has 0 bridgehead atoms. The topological polar surface area (TPSA) is 103 Å². The minimum atomic E-state index is -0.402. The van der Waals surface area contributed by atoms with Gasteiger partial charge in [0.05, 0.1) is 44.2 Å². The molecule has 0 aliphatic rings. The first kappa shape index (κ1) is 22.1. The van der Waals surface area contributed by atoms with Crippen LogP contribution in [0.5, 0.6) is 11.5 Å². The van der Waals surface area contributed by atoms with Crippen molar-refractivity contribution in [2.75, 3.05) is 43.5 Å². The Bertz CT molecular complexity index is 873. The number of hydrogen-bond donors (Lipinski definition) is 2. The lowest BCUT2D eigenvalue weighted by atomic mass is 10.2. The van der Waals surface area contributed by atoms with Gasteiger partial charge in [-0.3, -0.25) is 14.4 Å². The molecule has 0 unspecified atom stereocenters. The van der Waals surface area contributed by atoms with Crippen LogP contribution in [0.15, 0.2) is 42.5 Å². The molecule has 2 aromatic rings. The predicted octanol–water partition coefficient (Wildman–Crippen LogP) is 2.80. The molecular weight excluding hydrogens is 396 g/mol. The fourth-order valence-electron chi connectivity index (χ4n) is 2.35. The van der Waals surface area contributed by atoms with E-state index in [1.807, 2.05) is 6.07 Å². The van der Waals surface area contributed by atoms with Crippen molar-refractivity contribution in [3.05, 3.63) is 48.0 Å². The average molecular weight is 418 g/mol. The third-order valence-electron chi connectivity index (χ3n) is 3.76. The van der Waals surface area contributed by atoms with E-state index in [9.17, 15) is 14.4 Å². The van der Waals surface area contributed by atoms with Gasteiger partial charge in [0.25, 0.3) is 5.91 Å². The Morgan fingerprint density at radius 2 is 1.45 bits per heavy atom. The van der Waals surface area contributed by atoms with Crippen molar-refractivity contribution in [1.29, 1.82) is 0 Å². The largest absolute Gasteiger partial charge is 0.494 e. The molecule has 0 aromatic heterocycles. The van der Waals surface area contributed by atoms with E-state index in [-0.39, 0.29) is 23.3 Å². The quantitative estimate of drug-likeness (QED) is 0.604. The third-order valence-corrected chi connectivity index (χ3v) is 4.67. The van der Waals surface area contributed by atoms with E-state index in [0.29, 0.717) is 28.4 Å². The summed E-state index contributed by atoms with van der Waals surface area (Å²) in [7, 11) is 4.20. The Hall–Kier alpha value is -3.20. The lowest BCUT2D eigenvalue weighted by Gasteiger charge is -2.16. The van der Waals surface area contributed by atoms with Crippen LogP contribution >= 0.6 is 11.8 Å². The van der Waals surface area contributed by atoms with Gasteiger partial charge in [-0.2, -0.15) is 0 Å². The predicted molar refractivity (Wildman–Crippen MR) is 112 cm³/mol. The molecule has 0 fully saturated rings. The van der Waals surface area contributed by atoms with Crippen LogP contribution in [-0.2, 0) is 14.3 Å². The number of anilines is 2. The molecule has 2 N–H and O–H groups in total. The molecular formula is C20H22N2O6S. The fourth-order valence-corrected chi connectivity index (χ4v) is 2.99. The summed E-state index contributed by atoms with van der Waals surface area (Å²) in [6.07, 6.45) is 0. The summed E-state index contributed by atoms with van der Waals surface area (Å²) < 4.78 is 15.2. The average Bonchev–Trinajstić information content (AvgIpc) is 2.74. The molecule has 9 heteroatoms. The van der Waals surface area contributed by atoms with Crippen molar-refractivity contribution >= 4 is 40.9 Å². The van der Waals surface area contributed by atoms with Crippen LogP contribution in [0.1, 0.15) is 10.4 Å². The van der Waals surface area contributed by atoms with Crippen LogP contribution in [0.3, 0.4) is 0 Å². The second-order valence-electron chi connectivity index (χ2n) is 5.69. The number of amides is 2. The summed E-state index contributed by atoms with van der Waals surface area (Å²) in [5.41, 5.74) is 1.27. The maximum Gasteiger partial charge on any atom is 0.315 e. The zero-order valence-electron chi connectivity index (χ0n) is 16.3. The normalized spacial score (nSPS) is 10.0. The Balaban J connectivity index is 2.13. The highest BCUT2D eigenvalue weighted by Crippen LogP contribution is 2.36. The molecule has 0 heterocycles. The molecule has 2 rings (SSSR count). The van der Waals surface area contributed by atoms with Crippen LogP contribution in [0.4, 0.5) is 11.4 Å². The van der Waals surface area contributed by atoms with Crippen molar-refractivity contribution in [2.24, 2.45) is 0 Å². The SMILES string of the molecule is COC(=O)CSCC(=O)Nc1cc(OC)c(NC(=O)c2ccccc2)cc1OC. The van der Waals surface area contributed by atoms with E-state index in [1.165, 1.54) is 21.3 Å². The van der Waals surface area contributed by atoms with Crippen LogP contribution < -0.4 is 20.1 Å². The van der Waals surface area contributed by atoms with Crippen molar-refractivity contribution in [3.63, 3.8) is 0 Å². The molecule has 2 aromatic carbocycles. The highest BCUT2D eigenvalue weighted by molar-refractivity contribution is 8.00. The van der Waals surface area contributed by atoms with Gasteiger partial charge in [-0.15, -0.1) is 11.8 Å². The first-order chi connectivity index (χ1) is 14.0. The number of benzene rings is 2. The van der Waals surface area contributed by atoms with Gasteiger partial charge in [0.1, 0.15) is 11.5 Å². The molecule has 8 nitrogen and oxygen atoms in total. The second-order valence-corrected chi connectivity index (χ2v) is 6.68. The number of methoxy groups -OCH3 is 3. The van der Waals surface area contributed by atoms with Gasteiger partial charge < -0.3 is 24.8 Å².